The first kappa shape index (κ1) is 15.9. The summed E-state index contributed by atoms with van der Waals surface area (Å²) in [6.45, 7) is 0. The number of hydrogen-bond acceptors (Lipinski definition) is 5. The van der Waals surface area contributed by atoms with Crippen molar-refractivity contribution in [3.63, 3.8) is 0 Å². The highest BCUT2D eigenvalue weighted by molar-refractivity contribution is 5.70. The van der Waals surface area contributed by atoms with Crippen LogP contribution in [0.5, 0.6) is 0 Å². The highest BCUT2D eigenvalue weighted by Crippen LogP contribution is 2.33. The minimum atomic E-state index is 0.291. The van der Waals surface area contributed by atoms with Crippen molar-refractivity contribution in [1.82, 2.24) is 24.1 Å². The minimum Gasteiger partial charge on any atom is -0.402 e. The van der Waals surface area contributed by atoms with Gasteiger partial charge in [0.2, 0.25) is 0 Å². The molecule has 27 heavy (non-hydrogen) atoms. The third kappa shape index (κ3) is 2.81. The number of aromatic nitrogens is 5. The molecule has 136 valence electrons. The standard InChI is InChI=1S/C20H21N7/c1-26-12-15(10-24-26)18-11-23-20-19(22-5-6-27(18)20)25-17-8-13-3-2-4-16(21)7-14(13)9-17/h2-3,5-7,10-12,17H,4,8-9,21H2,1H3,(H,22,25). The van der Waals surface area contributed by atoms with E-state index in [9.17, 15) is 0 Å². The number of hydrogen-bond donors (Lipinski definition) is 2. The number of allylic oxidation sites excluding steroid dienone is 3. The molecular formula is C20H21N7. The monoisotopic (exact) mass is 359 g/mol. The van der Waals surface area contributed by atoms with Gasteiger partial charge in [-0.3, -0.25) is 9.08 Å². The zero-order valence-corrected chi connectivity index (χ0v) is 15.1. The first-order valence-electron chi connectivity index (χ1n) is 9.09. The predicted octanol–water partition coefficient (Wildman–Crippen LogP) is 2.80. The van der Waals surface area contributed by atoms with Crippen LogP contribution in [0, 0.1) is 0 Å². The summed E-state index contributed by atoms with van der Waals surface area (Å²) in [5.74, 6) is 0.802. The van der Waals surface area contributed by atoms with Gasteiger partial charge in [0.05, 0.1) is 18.1 Å². The molecule has 3 N–H and O–H groups in total. The Morgan fingerprint density at radius 1 is 1.19 bits per heavy atom. The largest absolute Gasteiger partial charge is 0.402 e. The van der Waals surface area contributed by atoms with Crippen molar-refractivity contribution >= 4 is 11.5 Å². The fraction of sp³-hybridized carbons (Fsp3) is 0.250. The van der Waals surface area contributed by atoms with Crippen molar-refractivity contribution in [2.75, 3.05) is 5.32 Å². The Labute approximate surface area is 156 Å². The van der Waals surface area contributed by atoms with Crippen LogP contribution in [0.3, 0.4) is 0 Å². The van der Waals surface area contributed by atoms with Crippen LogP contribution in [-0.2, 0) is 7.05 Å². The summed E-state index contributed by atoms with van der Waals surface area (Å²) in [5, 5.41) is 7.84. The number of aryl methyl sites for hydroxylation is 1. The molecule has 0 aliphatic heterocycles. The van der Waals surface area contributed by atoms with Crippen LogP contribution in [0.25, 0.3) is 16.9 Å². The number of imidazole rings is 1. The molecule has 2 aliphatic carbocycles. The van der Waals surface area contributed by atoms with E-state index in [1.54, 1.807) is 4.68 Å². The van der Waals surface area contributed by atoms with Gasteiger partial charge in [-0.25, -0.2) is 9.97 Å². The number of nitrogens with zero attached hydrogens (tertiary/aromatic N) is 5. The lowest BCUT2D eigenvalue weighted by molar-refractivity contribution is 0.764. The Hall–Kier alpha value is -3.35. The topological polar surface area (TPSA) is 86.1 Å². The van der Waals surface area contributed by atoms with Crippen LogP contribution in [0.4, 0.5) is 5.82 Å². The molecule has 0 saturated carbocycles. The molecule has 0 bridgehead atoms. The zero-order valence-electron chi connectivity index (χ0n) is 15.1. The first-order valence-corrected chi connectivity index (χ1v) is 9.09. The normalized spacial score (nSPS) is 19.3. The van der Waals surface area contributed by atoms with E-state index in [1.165, 1.54) is 11.1 Å². The second kappa shape index (κ2) is 6.12. The SMILES string of the molecule is Cn1cc(-c2cnc3c(NC4CC5=C(C=C(N)CC=C5)C4)nccn23)cn1. The smallest absolute Gasteiger partial charge is 0.180 e. The van der Waals surface area contributed by atoms with Crippen molar-refractivity contribution in [1.29, 1.82) is 0 Å². The molecule has 1 atom stereocenters. The Kier molecular flexibility index (Phi) is 3.60. The molecule has 0 radical (unpaired) electrons. The van der Waals surface area contributed by atoms with Gasteiger partial charge in [0, 0.05) is 49.4 Å². The van der Waals surface area contributed by atoms with E-state index in [0.717, 1.165) is 47.7 Å². The van der Waals surface area contributed by atoms with Crippen molar-refractivity contribution in [3.8, 4) is 11.3 Å². The molecule has 3 heterocycles. The third-order valence-electron chi connectivity index (χ3n) is 5.15. The molecule has 0 saturated heterocycles. The highest BCUT2D eigenvalue weighted by Gasteiger charge is 2.24. The van der Waals surface area contributed by atoms with E-state index in [2.05, 4.69) is 43.0 Å². The van der Waals surface area contributed by atoms with Crippen molar-refractivity contribution in [3.05, 3.63) is 66.1 Å². The van der Waals surface area contributed by atoms with Gasteiger partial charge in [-0.1, -0.05) is 12.2 Å². The van der Waals surface area contributed by atoms with Gasteiger partial charge in [-0.15, -0.1) is 0 Å². The maximum absolute atomic E-state index is 6.05. The van der Waals surface area contributed by atoms with E-state index in [-0.39, 0.29) is 0 Å². The molecule has 7 heteroatoms. The Balaban J connectivity index is 1.43. The molecule has 2 aliphatic rings. The van der Waals surface area contributed by atoms with E-state index in [0.29, 0.717) is 6.04 Å². The zero-order chi connectivity index (χ0) is 18.4. The number of nitrogens with two attached hydrogens (primary N) is 1. The number of rotatable bonds is 3. The maximum atomic E-state index is 6.05. The minimum absolute atomic E-state index is 0.291. The quantitative estimate of drug-likeness (QED) is 0.751. The summed E-state index contributed by atoms with van der Waals surface area (Å²) in [6.07, 6.45) is 18.7. The van der Waals surface area contributed by atoms with Gasteiger partial charge in [0.25, 0.3) is 0 Å². The molecule has 1 unspecified atom stereocenters. The molecule has 3 aromatic heterocycles. The lowest BCUT2D eigenvalue weighted by Crippen LogP contribution is -2.18. The molecule has 0 amide bonds. The van der Waals surface area contributed by atoms with Crippen LogP contribution < -0.4 is 11.1 Å². The second-order valence-electron chi connectivity index (χ2n) is 7.14. The van der Waals surface area contributed by atoms with E-state index >= 15 is 0 Å². The Morgan fingerprint density at radius 3 is 2.93 bits per heavy atom. The van der Waals surface area contributed by atoms with Crippen molar-refractivity contribution in [2.24, 2.45) is 12.8 Å². The van der Waals surface area contributed by atoms with Gasteiger partial charge < -0.3 is 11.1 Å². The maximum Gasteiger partial charge on any atom is 0.180 e. The molecule has 5 rings (SSSR count). The van der Waals surface area contributed by atoms with Crippen molar-refractivity contribution in [2.45, 2.75) is 25.3 Å². The second-order valence-corrected chi connectivity index (χ2v) is 7.14. The van der Waals surface area contributed by atoms with Gasteiger partial charge in [-0.2, -0.15) is 5.10 Å². The molecule has 0 aromatic carbocycles. The average molecular weight is 359 g/mol. The lowest BCUT2D eigenvalue weighted by atomic mass is 10.1. The predicted molar refractivity (Wildman–Crippen MR) is 105 cm³/mol. The van der Waals surface area contributed by atoms with Gasteiger partial charge in [-0.05, 0) is 30.1 Å². The van der Waals surface area contributed by atoms with E-state index in [4.69, 9.17) is 5.73 Å². The fourth-order valence-electron chi connectivity index (χ4n) is 3.90. The van der Waals surface area contributed by atoms with Crippen LogP contribution in [-0.4, -0.2) is 30.2 Å². The van der Waals surface area contributed by atoms with Gasteiger partial charge >= 0.3 is 0 Å². The summed E-state index contributed by atoms with van der Waals surface area (Å²) in [6, 6.07) is 0.291. The molecule has 0 spiro atoms. The van der Waals surface area contributed by atoms with Crippen LogP contribution in [0.2, 0.25) is 0 Å². The van der Waals surface area contributed by atoms with Crippen LogP contribution in [0.1, 0.15) is 19.3 Å². The van der Waals surface area contributed by atoms with Crippen molar-refractivity contribution < 1.29 is 0 Å². The summed E-state index contributed by atoms with van der Waals surface area (Å²) in [7, 11) is 1.91. The first-order chi connectivity index (χ1) is 13.2. The van der Waals surface area contributed by atoms with Crippen LogP contribution in [0.15, 0.2) is 66.1 Å². The number of nitrogens with one attached hydrogen (secondary N) is 1. The van der Waals surface area contributed by atoms with E-state index in [1.807, 2.05) is 38.0 Å². The van der Waals surface area contributed by atoms with Gasteiger partial charge in [0.1, 0.15) is 0 Å². The summed E-state index contributed by atoms with van der Waals surface area (Å²) in [5.41, 5.74) is 12.5. The number of fused-ring (bicyclic) bond motifs is 1. The summed E-state index contributed by atoms with van der Waals surface area (Å²) < 4.78 is 3.84. The summed E-state index contributed by atoms with van der Waals surface area (Å²) >= 11 is 0. The molecular weight excluding hydrogens is 338 g/mol. The highest BCUT2D eigenvalue weighted by atomic mass is 15.2. The summed E-state index contributed by atoms with van der Waals surface area (Å²) in [4.78, 5) is 9.15. The van der Waals surface area contributed by atoms with Gasteiger partial charge in [0.15, 0.2) is 11.5 Å². The van der Waals surface area contributed by atoms with E-state index < -0.39 is 0 Å². The molecule has 3 aromatic rings. The lowest BCUT2D eigenvalue weighted by Gasteiger charge is -2.14. The van der Waals surface area contributed by atoms with Crippen LogP contribution >= 0.6 is 0 Å². The Bertz CT molecular complexity index is 1110. The number of anilines is 1. The molecule has 7 nitrogen and oxygen atoms in total. The Morgan fingerprint density at radius 2 is 2.07 bits per heavy atom. The third-order valence-corrected chi connectivity index (χ3v) is 5.15. The molecule has 0 fully saturated rings. The average Bonchev–Trinajstić information content (AvgIpc) is 3.32. The fourth-order valence-corrected chi connectivity index (χ4v) is 3.90.